The zero-order chi connectivity index (χ0) is 12.9. The molecule has 0 saturated carbocycles. The van der Waals surface area contributed by atoms with E-state index in [2.05, 4.69) is 0 Å². The summed E-state index contributed by atoms with van der Waals surface area (Å²) in [4.78, 5) is 0. The first kappa shape index (κ1) is 13.6. The Hall–Kier alpha value is -1.47. The Kier molecular flexibility index (Phi) is 4.59. The van der Waals surface area contributed by atoms with E-state index in [-0.39, 0.29) is 12.4 Å². The number of methoxy groups -OCH3 is 2. The van der Waals surface area contributed by atoms with Crippen LogP contribution in [0.25, 0.3) is 0 Å². The van der Waals surface area contributed by atoms with Gasteiger partial charge in [-0.2, -0.15) is 0 Å². The number of rotatable bonds is 6. The van der Waals surface area contributed by atoms with Gasteiger partial charge in [0.2, 0.25) is 15.8 Å². The minimum atomic E-state index is -3.54. The van der Waals surface area contributed by atoms with Crippen molar-refractivity contribution in [2.45, 2.75) is 0 Å². The van der Waals surface area contributed by atoms with Crippen LogP contribution < -0.4 is 19.3 Å². The molecule has 0 heterocycles. The predicted octanol–water partition coefficient (Wildman–Crippen LogP) is 0.371. The Labute approximate surface area is 100 Å². The van der Waals surface area contributed by atoms with Crippen molar-refractivity contribution in [1.29, 1.82) is 0 Å². The highest BCUT2D eigenvalue weighted by Gasteiger charge is 2.12. The summed E-state index contributed by atoms with van der Waals surface area (Å²) in [7, 11) is -0.565. The maximum Gasteiger partial charge on any atom is 0.212 e. The predicted molar refractivity (Wildman–Crippen MR) is 63.0 cm³/mol. The highest BCUT2D eigenvalue weighted by atomic mass is 32.2. The van der Waals surface area contributed by atoms with E-state index in [9.17, 15) is 8.42 Å². The lowest BCUT2D eigenvalue weighted by atomic mass is 10.3. The zero-order valence-corrected chi connectivity index (χ0v) is 10.5. The standard InChI is InChI=1S/C10H15NO5S/c1-14-8-4-3-5-9(15-2)10(8)16-6-7-17(11,12)13/h3-5H,6-7H2,1-2H3,(H2,11,12,13). The number of sulfonamides is 1. The fraction of sp³-hybridized carbons (Fsp3) is 0.400. The molecule has 0 aliphatic heterocycles. The summed E-state index contributed by atoms with van der Waals surface area (Å²) >= 11 is 0. The molecule has 0 fully saturated rings. The van der Waals surface area contributed by atoms with Crippen LogP contribution in [-0.4, -0.2) is 35.0 Å². The number of primary sulfonamides is 1. The van der Waals surface area contributed by atoms with Crippen molar-refractivity contribution in [3.8, 4) is 17.2 Å². The quantitative estimate of drug-likeness (QED) is 0.799. The van der Waals surface area contributed by atoms with Gasteiger partial charge in [-0.1, -0.05) is 6.07 Å². The molecule has 0 bridgehead atoms. The maximum atomic E-state index is 10.8. The monoisotopic (exact) mass is 261 g/mol. The molecule has 2 N–H and O–H groups in total. The van der Waals surface area contributed by atoms with E-state index in [0.717, 1.165) is 0 Å². The fourth-order valence-electron chi connectivity index (χ4n) is 1.22. The minimum absolute atomic E-state index is 0.0600. The fourth-order valence-corrected chi connectivity index (χ4v) is 1.53. The number of hydrogen-bond acceptors (Lipinski definition) is 5. The third-order valence-corrected chi connectivity index (χ3v) is 2.73. The van der Waals surface area contributed by atoms with Crippen molar-refractivity contribution >= 4 is 10.0 Å². The van der Waals surface area contributed by atoms with Crippen LogP contribution in [0.4, 0.5) is 0 Å². The highest BCUT2D eigenvalue weighted by Crippen LogP contribution is 2.36. The van der Waals surface area contributed by atoms with Crippen LogP contribution in [-0.2, 0) is 10.0 Å². The van der Waals surface area contributed by atoms with Crippen LogP contribution in [0.3, 0.4) is 0 Å². The first-order valence-corrected chi connectivity index (χ1v) is 6.53. The van der Waals surface area contributed by atoms with Crippen LogP contribution in [0.2, 0.25) is 0 Å². The van der Waals surface area contributed by atoms with E-state index in [4.69, 9.17) is 19.3 Å². The van der Waals surface area contributed by atoms with Gasteiger partial charge < -0.3 is 14.2 Å². The van der Waals surface area contributed by atoms with Crippen molar-refractivity contribution in [3.63, 3.8) is 0 Å². The van der Waals surface area contributed by atoms with Crippen molar-refractivity contribution in [2.24, 2.45) is 5.14 Å². The largest absolute Gasteiger partial charge is 0.493 e. The lowest BCUT2D eigenvalue weighted by Gasteiger charge is -2.13. The number of para-hydroxylation sites is 1. The van der Waals surface area contributed by atoms with E-state index in [0.29, 0.717) is 17.2 Å². The Bertz CT molecular complexity index is 449. The van der Waals surface area contributed by atoms with Crippen molar-refractivity contribution in [1.82, 2.24) is 0 Å². The number of benzene rings is 1. The van der Waals surface area contributed by atoms with E-state index in [1.807, 2.05) is 0 Å². The van der Waals surface area contributed by atoms with Gasteiger partial charge in [0.25, 0.3) is 0 Å². The Morgan fingerprint density at radius 3 is 2.12 bits per heavy atom. The molecule has 0 saturated heterocycles. The third-order valence-electron chi connectivity index (χ3n) is 2.00. The topological polar surface area (TPSA) is 87.8 Å². The molecule has 0 aromatic heterocycles. The van der Waals surface area contributed by atoms with Gasteiger partial charge in [0, 0.05) is 0 Å². The summed E-state index contributed by atoms with van der Waals surface area (Å²) < 4.78 is 37.0. The molecule has 0 atom stereocenters. The first-order chi connectivity index (χ1) is 7.98. The van der Waals surface area contributed by atoms with Gasteiger partial charge >= 0.3 is 0 Å². The number of ether oxygens (including phenoxy) is 3. The van der Waals surface area contributed by atoms with Gasteiger partial charge in [0.05, 0.1) is 20.0 Å². The molecule has 17 heavy (non-hydrogen) atoms. The molecule has 1 aromatic carbocycles. The van der Waals surface area contributed by atoms with Crippen molar-refractivity contribution < 1.29 is 22.6 Å². The van der Waals surface area contributed by atoms with E-state index >= 15 is 0 Å². The van der Waals surface area contributed by atoms with Gasteiger partial charge in [-0.15, -0.1) is 0 Å². The SMILES string of the molecule is COc1cccc(OC)c1OCCS(N)(=O)=O. The highest BCUT2D eigenvalue weighted by molar-refractivity contribution is 7.89. The average Bonchev–Trinajstić information content (AvgIpc) is 2.27. The molecule has 0 spiro atoms. The van der Waals surface area contributed by atoms with Crippen molar-refractivity contribution in [3.05, 3.63) is 18.2 Å². The minimum Gasteiger partial charge on any atom is -0.493 e. The normalized spacial score (nSPS) is 11.0. The van der Waals surface area contributed by atoms with Crippen LogP contribution >= 0.6 is 0 Å². The summed E-state index contributed by atoms with van der Waals surface area (Å²) in [6, 6.07) is 5.12. The summed E-state index contributed by atoms with van der Waals surface area (Å²) in [5.41, 5.74) is 0. The van der Waals surface area contributed by atoms with Gasteiger partial charge in [0.1, 0.15) is 6.61 Å². The molecule has 0 amide bonds. The molecule has 96 valence electrons. The molecule has 0 aliphatic rings. The van der Waals surface area contributed by atoms with Crippen LogP contribution in [0.1, 0.15) is 0 Å². The second-order valence-electron chi connectivity index (χ2n) is 3.21. The van der Waals surface area contributed by atoms with Gasteiger partial charge in [-0.3, -0.25) is 0 Å². The Morgan fingerprint density at radius 1 is 1.18 bits per heavy atom. The molecule has 1 aromatic rings. The lowest BCUT2D eigenvalue weighted by molar-refractivity contribution is 0.289. The first-order valence-electron chi connectivity index (χ1n) is 4.82. The van der Waals surface area contributed by atoms with E-state index in [1.54, 1.807) is 18.2 Å². The zero-order valence-electron chi connectivity index (χ0n) is 9.67. The average molecular weight is 261 g/mol. The Balaban J connectivity index is 2.81. The smallest absolute Gasteiger partial charge is 0.212 e. The summed E-state index contributed by atoms with van der Waals surface area (Å²) in [6.07, 6.45) is 0. The molecule has 0 aliphatic carbocycles. The lowest BCUT2D eigenvalue weighted by Crippen LogP contribution is -2.21. The Morgan fingerprint density at radius 2 is 1.71 bits per heavy atom. The van der Waals surface area contributed by atoms with Crippen LogP contribution in [0.5, 0.6) is 17.2 Å². The maximum absolute atomic E-state index is 10.8. The number of nitrogens with two attached hydrogens (primary N) is 1. The van der Waals surface area contributed by atoms with Gasteiger partial charge in [-0.05, 0) is 12.1 Å². The van der Waals surface area contributed by atoms with Gasteiger partial charge in [-0.25, -0.2) is 13.6 Å². The molecular formula is C10H15NO5S. The molecule has 6 nitrogen and oxygen atoms in total. The molecule has 7 heteroatoms. The molecular weight excluding hydrogens is 246 g/mol. The summed E-state index contributed by atoms with van der Waals surface area (Å²) in [6.45, 7) is -0.0600. The second-order valence-corrected chi connectivity index (χ2v) is 4.94. The summed E-state index contributed by atoms with van der Waals surface area (Å²) in [5.74, 6) is 1.03. The van der Waals surface area contributed by atoms with E-state index in [1.165, 1.54) is 14.2 Å². The molecule has 0 radical (unpaired) electrons. The van der Waals surface area contributed by atoms with Crippen LogP contribution in [0, 0.1) is 0 Å². The van der Waals surface area contributed by atoms with E-state index < -0.39 is 10.0 Å². The third kappa shape index (κ3) is 4.12. The van der Waals surface area contributed by atoms with Crippen LogP contribution in [0.15, 0.2) is 18.2 Å². The summed E-state index contributed by atoms with van der Waals surface area (Å²) in [5, 5.41) is 4.87. The van der Waals surface area contributed by atoms with Crippen molar-refractivity contribution in [2.75, 3.05) is 26.6 Å². The molecule has 0 unspecified atom stereocenters. The number of hydrogen-bond donors (Lipinski definition) is 1. The second kappa shape index (κ2) is 5.74. The molecule has 1 rings (SSSR count). The van der Waals surface area contributed by atoms with Gasteiger partial charge in [0.15, 0.2) is 11.5 Å².